The molecule has 6 nitrogen and oxygen atoms in total. The number of methoxy groups -OCH3 is 1. The first-order valence-corrected chi connectivity index (χ1v) is 10.4. The minimum absolute atomic E-state index is 0.00330. The smallest absolute Gasteiger partial charge is 0.226 e. The summed E-state index contributed by atoms with van der Waals surface area (Å²) in [5, 5.41) is 3.66. The number of aromatic nitrogens is 1. The van der Waals surface area contributed by atoms with Crippen molar-refractivity contribution < 1.29 is 14.3 Å². The molecule has 1 aliphatic carbocycles. The molecular weight excluding hydrogens is 366 g/mol. The quantitative estimate of drug-likeness (QED) is 0.815. The van der Waals surface area contributed by atoms with E-state index in [9.17, 15) is 4.79 Å². The van der Waals surface area contributed by atoms with Crippen LogP contribution >= 0.6 is 0 Å². The molecule has 29 heavy (non-hydrogen) atoms. The molecule has 6 heteroatoms. The van der Waals surface area contributed by atoms with Crippen LogP contribution in [0.2, 0.25) is 0 Å². The highest BCUT2D eigenvalue weighted by Gasteiger charge is 2.41. The van der Waals surface area contributed by atoms with E-state index in [2.05, 4.69) is 22.4 Å². The van der Waals surface area contributed by atoms with Gasteiger partial charge in [-0.3, -0.25) is 9.78 Å². The normalized spacial score (nSPS) is 24.4. The van der Waals surface area contributed by atoms with Gasteiger partial charge in [-0.25, -0.2) is 0 Å². The van der Waals surface area contributed by atoms with Crippen LogP contribution in [-0.2, 0) is 16.1 Å². The lowest BCUT2D eigenvalue weighted by atomic mass is 9.88. The third kappa shape index (κ3) is 4.77. The first kappa shape index (κ1) is 19.9. The van der Waals surface area contributed by atoms with Crippen molar-refractivity contribution in [3.8, 4) is 5.75 Å². The van der Waals surface area contributed by atoms with Crippen molar-refractivity contribution in [2.24, 2.45) is 5.92 Å². The van der Waals surface area contributed by atoms with E-state index in [1.54, 1.807) is 7.11 Å². The number of benzene rings is 1. The van der Waals surface area contributed by atoms with Crippen LogP contribution < -0.4 is 10.1 Å². The Morgan fingerprint density at radius 2 is 1.86 bits per heavy atom. The Balaban J connectivity index is 1.49. The monoisotopic (exact) mass is 395 g/mol. The van der Waals surface area contributed by atoms with Gasteiger partial charge in [0.15, 0.2) is 0 Å². The van der Waals surface area contributed by atoms with Crippen molar-refractivity contribution in [3.05, 3.63) is 59.9 Å². The molecule has 0 radical (unpaired) electrons. The van der Waals surface area contributed by atoms with Gasteiger partial charge >= 0.3 is 0 Å². The Bertz CT molecular complexity index is 791. The average molecular weight is 396 g/mol. The highest BCUT2D eigenvalue weighted by Crippen LogP contribution is 2.41. The Labute approximate surface area is 172 Å². The molecule has 0 unspecified atom stereocenters. The maximum atomic E-state index is 13.3. The summed E-state index contributed by atoms with van der Waals surface area (Å²) in [7, 11) is 1.67. The number of ether oxygens (including phenoxy) is 2. The van der Waals surface area contributed by atoms with Crippen LogP contribution in [0, 0.1) is 5.92 Å². The molecule has 2 aliphatic rings. The summed E-state index contributed by atoms with van der Waals surface area (Å²) in [5.41, 5.74) is 2.43. The molecule has 2 heterocycles. The van der Waals surface area contributed by atoms with Crippen LogP contribution in [0.4, 0.5) is 0 Å². The first-order valence-electron chi connectivity index (χ1n) is 10.4. The molecule has 2 aromatic rings. The van der Waals surface area contributed by atoms with Crippen molar-refractivity contribution in [2.45, 2.75) is 31.3 Å². The largest absolute Gasteiger partial charge is 0.497 e. The fourth-order valence-corrected chi connectivity index (χ4v) is 4.48. The number of pyridine rings is 1. The second-order valence-electron chi connectivity index (χ2n) is 7.83. The van der Waals surface area contributed by atoms with Gasteiger partial charge in [0.25, 0.3) is 0 Å². The predicted molar refractivity (Wildman–Crippen MR) is 111 cm³/mol. The number of carbonyl (C=O) groups excluding carboxylic acids is 1. The molecule has 1 N–H and O–H groups in total. The fourth-order valence-electron chi connectivity index (χ4n) is 4.48. The van der Waals surface area contributed by atoms with Crippen LogP contribution in [0.25, 0.3) is 0 Å². The van der Waals surface area contributed by atoms with Crippen LogP contribution in [0.5, 0.6) is 5.75 Å². The summed E-state index contributed by atoms with van der Waals surface area (Å²) in [5.74, 6) is 1.32. The van der Waals surface area contributed by atoms with Gasteiger partial charge in [0.05, 0.1) is 20.3 Å². The highest BCUT2D eigenvalue weighted by atomic mass is 16.5. The van der Waals surface area contributed by atoms with E-state index in [-0.39, 0.29) is 17.7 Å². The Kier molecular flexibility index (Phi) is 6.42. The lowest BCUT2D eigenvalue weighted by Crippen LogP contribution is -2.44. The number of amides is 1. The molecule has 3 atom stereocenters. The Morgan fingerprint density at radius 3 is 2.55 bits per heavy atom. The zero-order chi connectivity index (χ0) is 20.1. The molecule has 0 bridgehead atoms. The Morgan fingerprint density at radius 1 is 1.14 bits per heavy atom. The van der Waals surface area contributed by atoms with E-state index in [4.69, 9.17) is 9.47 Å². The topological polar surface area (TPSA) is 63.7 Å². The number of rotatable bonds is 6. The van der Waals surface area contributed by atoms with E-state index in [0.717, 1.165) is 25.1 Å². The van der Waals surface area contributed by atoms with Crippen LogP contribution in [0.1, 0.15) is 29.9 Å². The first-order chi connectivity index (χ1) is 14.2. The molecule has 0 spiro atoms. The van der Waals surface area contributed by atoms with Crippen molar-refractivity contribution >= 4 is 5.91 Å². The molecule has 154 valence electrons. The second-order valence-corrected chi connectivity index (χ2v) is 7.83. The molecule has 1 aromatic heterocycles. The molecule has 4 rings (SSSR count). The van der Waals surface area contributed by atoms with Crippen LogP contribution in [0.15, 0.2) is 48.8 Å². The molecular formula is C23H29N3O3. The van der Waals surface area contributed by atoms with E-state index in [1.165, 1.54) is 11.1 Å². The van der Waals surface area contributed by atoms with Crippen molar-refractivity contribution in [2.75, 3.05) is 33.4 Å². The van der Waals surface area contributed by atoms with Crippen LogP contribution in [-0.4, -0.2) is 55.2 Å². The van der Waals surface area contributed by atoms with Gasteiger partial charge < -0.3 is 19.7 Å². The summed E-state index contributed by atoms with van der Waals surface area (Å²) in [6, 6.07) is 12.6. The van der Waals surface area contributed by atoms with Gasteiger partial charge in [-0.15, -0.1) is 0 Å². The zero-order valence-electron chi connectivity index (χ0n) is 16.9. The van der Waals surface area contributed by atoms with Gasteiger partial charge in [0, 0.05) is 44.0 Å². The molecule has 1 saturated carbocycles. The summed E-state index contributed by atoms with van der Waals surface area (Å²) in [6.45, 7) is 3.45. The number of nitrogens with zero attached hydrogens (tertiary/aromatic N) is 2. The predicted octanol–water partition coefficient (Wildman–Crippen LogP) is 2.60. The maximum Gasteiger partial charge on any atom is 0.226 e. The van der Waals surface area contributed by atoms with Crippen molar-refractivity contribution in [1.82, 2.24) is 15.2 Å². The third-order valence-electron chi connectivity index (χ3n) is 6.09. The zero-order valence-corrected chi connectivity index (χ0v) is 16.9. The average Bonchev–Trinajstić information content (AvgIpc) is 3.23. The lowest BCUT2D eigenvalue weighted by Gasteiger charge is -2.31. The van der Waals surface area contributed by atoms with Crippen LogP contribution in [0.3, 0.4) is 0 Å². The number of nitrogens with one attached hydrogen (secondary N) is 1. The number of morpholine rings is 1. The van der Waals surface area contributed by atoms with E-state index >= 15 is 0 Å². The maximum absolute atomic E-state index is 13.3. The molecule has 2 fully saturated rings. The molecule has 1 saturated heterocycles. The second kappa shape index (κ2) is 9.37. The van der Waals surface area contributed by atoms with Gasteiger partial charge in [-0.05, 0) is 54.2 Å². The minimum atomic E-state index is -0.00330. The summed E-state index contributed by atoms with van der Waals surface area (Å²) < 4.78 is 10.7. The number of hydrogen-bond acceptors (Lipinski definition) is 5. The van der Waals surface area contributed by atoms with E-state index in [0.29, 0.717) is 32.3 Å². The lowest BCUT2D eigenvalue weighted by molar-refractivity contribution is -0.140. The van der Waals surface area contributed by atoms with E-state index in [1.807, 2.05) is 41.6 Å². The Hall–Kier alpha value is -2.44. The van der Waals surface area contributed by atoms with Crippen molar-refractivity contribution in [1.29, 1.82) is 0 Å². The molecule has 1 aromatic carbocycles. The van der Waals surface area contributed by atoms with Gasteiger partial charge in [-0.2, -0.15) is 0 Å². The van der Waals surface area contributed by atoms with Gasteiger partial charge in [0.2, 0.25) is 5.91 Å². The summed E-state index contributed by atoms with van der Waals surface area (Å²) >= 11 is 0. The molecule has 1 amide bonds. The van der Waals surface area contributed by atoms with Gasteiger partial charge in [-0.1, -0.05) is 12.1 Å². The number of hydrogen-bond donors (Lipinski definition) is 1. The van der Waals surface area contributed by atoms with Gasteiger partial charge in [0.1, 0.15) is 5.75 Å². The fraction of sp³-hybridized carbons (Fsp3) is 0.478. The third-order valence-corrected chi connectivity index (χ3v) is 6.09. The highest BCUT2D eigenvalue weighted by molar-refractivity contribution is 5.80. The summed E-state index contributed by atoms with van der Waals surface area (Å²) in [6.07, 6.45) is 5.45. The molecule has 1 aliphatic heterocycles. The van der Waals surface area contributed by atoms with E-state index < -0.39 is 0 Å². The van der Waals surface area contributed by atoms with Crippen molar-refractivity contribution in [3.63, 3.8) is 0 Å². The minimum Gasteiger partial charge on any atom is -0.497 e. The summed E-state index contributed by atoms with van der Waals surface area (Å²) in [4.78, 5) is 19.4. The SMILES string of the molecule is COc1ccc([C@H]2C[C@H](NCc3ccncc3)C[C@@H]2C(=O)N2CCOCC2)cc1. The number of carbonyl (C=O) groups is 1. The standard InChI is InChI=1S/C23H29N3O3/c1-28-20-4-2-18(3-5-20)21-14-19(25-16-17-6-8-24-9-7-17)15-22(21)23(27)26-10-12-29-13-11-26/h2-9,19,21-22,25H,10-16H2,1H3/t19-,21+,22-/m0/s1.